The molecule has 7 heteroatoms. The first-order valence-electron chi connectivity index (χ1n) is 11.4. The maximum absolute atomic E-state index is 13.1. The second-order valence-corrected chi connectivity index (χ2v) is 8.61. The lowest BCUT2D eigenvalue weighted by molar-refractivity contribution is -0.135. The van der Waals surface area contributed by atoms with Gasteiger partial charge in [0, 0.05) is 34.8 Å². The fraction of sp³-hybridized carbons (Fsp3) is 0.214. The predicted octanol–water partition coefficient (Wildman–Crippen LogP) is 3.82. The molecule has 2 aliphatic rings. The van der Waals surface area contributed by atoms with Gasteiger partial charge in [-0.15, -0.1) is 0 Å². The van der Waals surface area contributed by atoms with Crippen LogP contribution in [-0.2, 0) is 16.1 Å². The van der Waals surface area contributed by atoms with Crippen LogP contribution in [0.5, 0.6) is 5.75 Å². The second kappa shape index (κ2) is 9.18. The SMILES string of the molecule is COc1ccc(CN(C(=O)COC(=O)c2cccc3c2C(=O)c2ccccc2C3=O)C2CC2)cc1. The Bertz CT molecular complexity index is 1340. The van der Waals surface area contributed by atoms with Gasteiger partial charge in [0.1, 0.15) is 5.75 Å². The molecule has 0 N–H and O–H groups in total. The molecule has 0 spiro atoms. The van der Waals surface area contributed by atoms with Gasteiger partial charge in [0.15, 0.2) is 18.2 Å². The van der Waals surface area contributed by atoms with Crippen molar-refractivity contribution in [2.75, 3.05) is 13.7 Å². The third kappa shape index (κ3) is 4.33. The number of methoxy groups -OCH3 is 1. The van der Waals surface area contributed by atoms with Crippen molar-refractivity contribution < 1.29 is 28.7 Å². The Kier molecular flexibility index (Phi) is 5.91. The van der Waals surface area contributed by atoms with E-state index in [1.54, 1.807) is 36.3 Å². The fourth-order valence-electron chi connectivity index (χ4n) is 4.34. The summed E-state index contributed by atoms with van der Waals surface area (Å²) in [6, 6.07) is 18.6. The summed E-state index contributed by atoms with van der Waals surface area (Å²) in [6.07, 6.45) is 1.80. The molecule has 3 aromatic rings. The van der Waals surface area contributed by atoms with E-state index in [0.717, 1.165) is 24.2 Å². The van der Waals surface area contributed by atoms with Crippen molar-refractivity contribution in [2.24, 2.45) is 0 Å². The highest BCUT2D eigenvalue weighted by Gasteiger charge is 2.35. The zero-order chi connectivity index (χ0) is 24.5. The number of hydrogen-bond acceptors (Lipinski definition) is 6. The summed E-state index contributed by atoms with van der Waals surface area (Å²) in [7, 11) is 1.59. The van der Waals surface area contributed by atoms with Crippen LogP contribution < -0.4 is 4.74 Å². The summed E-state index contributed by atoms with van der Waals surface area (Å²) in [5.74, 6) is -1.12. The molecule has 0 aromatic heterocycles. The van der Waals surface area contributed by atoms with Gasteiger partial charge in [0.25, 0.3) is 5.91 Å². The van der Waals surface area contributed by atoms with Crippen LogP contribution in [0, 0.1) is 0 Å². The Morgan fingerprint density at radius 1 is 0.857 bits per heavy atom. The highest BCUT2D eigenvalue weighted by Crippen LogP contribution is 2.31. The standard InChI is InChI=1S/C28H23NO6/c1-34-19-13-9-17(10-14-19)15-29(18-11-12-18)24(30)16-35-28(33)23-8-4-7-22-25(23)27(32)21-6-3-2-5-20(21)26(22)31/h2-10,13-14,18H,11-12,15-16H2,1H3. The molecule has 0 saturated heterocycles. The number of ether oxygens (including phenoxy) is 2. The molecule has 0 atom stereocenters. The predicted molar refractivity (Wildman–Crippen MR) is 127 cm³/mol. The van der Waals surface area contributed by atoms with Crippen LogP contribution in [0.4, 0.5) is 0 Å². The Morgan fingerprint density at radius 2 is 1.51 bits per heavy atom. The molecule has 35 heavy (non-hydrogen) atoms. The molecule has 5 rings (SSSR count). The number of ketones is 2. The van der Waals surface area contributed by atoms with Gasteiger partial charge in [-0.05, 0) is 36.6 Å². The number of hydrogen-bond donors (Lipinski definition) is 0. The minimum Gasteiger partial charge on any atom is -0.497 e. The van der Waals surface area contributed by atoms with Gasteiger partial charge >= 0.3 is 5.97 Å². The molecule has 0 aliphatic heterocycles. The molecule has 176 valence electrons. The zero-order valence-electron chi connectivity index (χ0n) is 19.2. The van der Waals surface area contributed by atoms with Crippen molar-refractivity contribution in [3.8, 4) is 5.75 Å². The lowest BCUT2D eigenvalue weighted by atomic mass is 9.82. The van der Waals surface area contributed by atoms with Crippen LogP contribution in [0.25, 0.3) is 0 Å². The normalized spacial score (nSPS) is 14.1. The maximum atomic E-state index is 13.1. The van der Waals surface area contributed by atoms with E-state index in [9.17, 15) is 19.2 Å². The monoisotopic (exact) mass is 469 g/mol. The average Bonchev–Trinajstić information content (AvgIpc) is 3.74. The van der Waals surface area contributed by atoms with E-state index in [-0.39, 0.29) is 40.0 Å². The van der Waals surface area contributed by atoms with E-state index < -0.39 is 18.4 Å². The molecular formula is C28H23NO6. The number of amides is 1. The number of esters is 1. The third-order valence-corrected chi connectivity index (χ3v) is 6.32. The number of carbonyl (C=O) groups is 4. The van der Waals surface area contributed by atoms with Crippen LogP contribution in [0.2, 0.25) is 0 Å². The van der Waals surface area contributed by atoms with Crippen LogP contribution in [-0.4, -0.2) is 48.1 Å². The van der Waals surface area contributed by atoms with Crippen molar-refractivity contribution in [1.29, 1.82) is 0 Å². The zero-order valence-corrected chi connectivity index (χ0v) is 19.2. The van der Waals surface area contributed by atoms with Gasteiger partial charge in [0.05, 0.1) is 12.7 Å². The van der Waals surface area contributed by atoms with Gasteiger partial charge in [-0.1, -0.05) is 48.5 Å². The van der Waals surface area contributed by atoms with Crippen LogP contribution >= 0.6 is 0 Å². The molecular weight excluding hydrogens is 446 g/mol. The van der Waals surface area contributed by atoms with E-state index in [1.807, 2.05) is 24.3 Å². The van der Waals surface area contributed by atoms with Crippen molar-refractivity contribution in [1.82, 2.24) is 4.90 Å². The molecule has 0 bridgehead atoms. The first-order valence-corrected chi connectivity index (χ1v) is 11.4. The summed E-state index contributed by atoms with van der Waals surface area (Å²) in [5.41, 5.74) is 1.66. The summed E-state index contributed by atoms with van der Waals surface area (Å²) in [6.45, 7) is -0.0522. The first-order chi connectivity index (χ1) is 17.0. The van der Waals surface area contributed by atoms with Crippen molar-refractivity contribution >= 4 is 23.4 Å². The maximum Gasteiger partial charge on any atom is 0.339 e. The minimum atomic E-state index is -0.809. The van der Waals surface area contributed by atoms with Gasteiger partial charge in [-0.2, -0.15) is 0 Å². The van der Waals surface area contributed by atoms with Gasteiger partial charge in [0.2, 0.25) is 0 Å². The molecule has 0 heterocycles. The fourth-order valence-corrected chi connectivity index (χ4v) is 4.34. The van der Waals surface area contributed by atoms with E-state index in [2.05, 4.69) is 0 Å². The first kappa shape index (κ1) is 22.5. The van der Waals surface area contributed by atoms with Crippen molar-refractivity contribution in [2.45, 2.75) is 25.4 Å². The van der Waals surface area contributed by atoms with Crippen molar-refractivity contribution in [3.05, 3.63) is 100 Å². The van der Waals surface area contributed by atoms with E-state index in [0.29, 0.717) is 12.1 Å². The molecule has 0 radical (unpaired) electrons. The van der Waals surface area contributed by atoms with E-state index in [4.69, 9.17) is 9.47 Å². The Labute approximate surface area is 202 Å². The lowest BCUT2D eigenvalue weighted by Gasteiger charge is -2.23. The highest BCUT2D eigenvalue weighted by atomic mass is 16.5. The lowest BCUT2D eigenvalue weighted by Crippen LogP contribution is -2.36. The Balaban J connectivity index is 1.32. The Morgan fingerprint density at radius 3 is 2.17 bits per heavy atom. The third-order valence-electron chi connectivity index (χ3n) is 6.32. The summed E-state index contributed by atoms with van der Waals surface area (Å²) >= 11 is 0. The van der Waals surface area contributed by atoms with Crippen LogP contribution in [0.3, 0.4) is 0 Å². The van der Waals surface area contributed by atoms with E-state index in [1.165, 1.54) is 18.2 Å². The topological polar surface area (TPSA) is 90.0 Å². The Hall–Kier alpha value is -4.26. The molecule has 3 aromatic carbocycles. The summed E-state index contributed by atoms with van der Waals surface area (Å²) in [4.78, 5) is 53.7. The van der Waals surface area contributed by atoms with Crippen molar-refractivity contribution in [3.63, 3.8) is 0 Å². The average molecular weight is 469 g/mol. The molecule has 7 nitrogen and oxygen atoms in total. The van der Waals surface area contributed by atoms with E-state index >= 15 is 0 Å². The largest absolute Gasteiger partial charge is 0.497 e. The number of nitrogens with zero attached hydrogens (tertiary/aromatic N) is 1. The van der Waals surface area contributed by atoms with Gasteiger partial charge in [-0.3, -0.25) is 14.4 Å². The van der Waals surface area contributed by atoms with Crippen LogP contribution in [0.1, 0.15) is 60.6 Å². The second-order valence-electron chi connectivity index (χ2n) is 8.61. The van der Waals surface area contributed by atoms with Gasteiger partial charge in [-0.25, -0.2) is 4.79 Å². The smallest absolute Gasteiger partial charge is 0.339 e. The highest BCUT2D eigenvalue weighted by molar-refractivity contribution is 6.30. The molecule has 1 amide bonds. The quantitative estimate of drug-likeness (QED) is 0.382. The van der Waals surface area contributed by atoms with Crippen LogP contribution in [0.15, 0.2) is 66.7 Å². The summed E-state index contributed by atoms with van der Waals surface area (Å²) in [5, 5.41) is 0. The molecule has 1 fully saturated rings. The number of rotatable bonds is 7. The molecule has 0 unspecified atom stereocenters. The number of benzene rings is 3. The summed E-state index contributed by atoms with van der Waals surface area (Å²) < 4.78 is 10.5. The minimum absolute atomic E-state index is 0.0173. The molecule has 1 saturated carbocycles. The molecule has 2 aliphatic carbocycles. The van der Waals surface area contributed by atoms with Gasteiger partial charge < -0.3 is 14.4 Å². The number of carbonyl (C=O) groups excluding carboxylic acids is 4. The number of fused-ring (bicyclic) bond motifs is 2.